The Morgan fingerprint density at radius 3 is 2.65 bits per heavy atom. The summed E-state index contributed by atoms with van der Waals surface area (Å²) < 4.78 is 5.90. The van der Waals surface area contributed by atoms with Gasteiger partial charge < -0.3 is 15.0 Å². The highest BCUT2D eigenvalue weighted by Gasteiger charge is 2.29. The molecule has 1 aliphatic heterocycles. The maximum absolute atomic E-state index is 12.2. The van der Waals surface area contributed by atoms with Gasteiger partial charge in [-0.3, -0.25) is 0 Å². The van der Waals surface area contributed by atoms with Gasteiger partial charge in [0.25, 0.3) is 0 Å². The average Bonchev–Trinajstić information content (AvgIpc) is 3.11. The van der Waals surface area contributed by atoms with Gasteiger partial charge >= 0.3 is 6.03 Å². The molecule has 1 unspecified atom stereocenters. The van der Waals surface area contributed by atoms with E-state index >= 15 is 0 Å². The number of ether oxygens (including phenoxy) is 1. The van der Waals surface area contributed by atoms with E-state index < -0.39 is 0 Å². The van der Waals surface area contributed by atoms with E-state index in [2.05, 4.69) is 5.32 Å². The number of carbonyl (C=O) groups is 1. The molecule has 2 aliphatic rings. The molecule has 1 atom stereocenters. The van der Waals surface area contributed by atoms with Gasteiger partial charge in [-0.05, 0) is 25.0 Å². The molecule has 1 aliphatic carbocycles. The van der Waals surface area contributed by atoms with Crippen molar-refractivity contribution in [3.05, 3.63) is 30.3 Å². The molecule has 0 radical (unpaired) electrons. The molecule has 1 heterocycles. The molecule has 3 rings (SSSR count). The Labute approximate surface area is 120 Å². The van der Waals surface area contributed by atoms with Crippen molar-refractivity contribution in [3.8, 4) is 5.75 Å². The summed E-state index contributed by atoms with van der Waals surface area (Å²) in [6.07, 6.45) is 5.77. The van der Waals surface area contributed by atoms with Gasteiger partial charge in [-0.1, -0.05) is 31.0 Å². The van der Waals surface area contributed by atoms with Crippen molar-refractivity contribution in [1.29, 1.82) is 0 Å². The lowest BCUT2D eigenvalue weighted by Crippen LogP contribution is -2.43. The van der Waals surface area contributed by atoms with Crippen LogP contribution in [0.2, 0.25) is 0 Å². The number of hydrogen-bond donors (Lipinski definition) is 1. The van der Waals surface area contributed by atoms with Crippen LogP contribution < -0.4 is 10.1 Å². The van der Waals surface area contributed by atoms with Crippen LogP contribution in [0.4, 0.5) is 4.79 Å². The predicted octanol–water partition coefficient (Wildman–Crippen LogP) is 2.79. The fraction of sp³-hybridized carbons (Fsp3) is 0.562. The van der Waals surface area contributed by atoms with Crippen LogP contribution in [0, 0.1) is 0 Å². The van der Waals surface area contributed by atoms with E-state index in [0.29, 0.717) is 12.6 Å². The van der Waals surface area contributed by atoms with Gasteiger partial charge in [0.05, 0.1) is 6.54 Å². The second-order valence-corrected chi connectivity index (χ2v) is 5.72. The average molecular weight is 274 g/mol. The molecule has 0 aromatic heterocycles. The zero-order chi connectivity index (χ0) is 13.8. The zero-order valence-corrected chi connectivity index (χ0v) is 11.8. The molecule has 1 aromatic carbocycles. The van der Waals surface area contributed by atoms with Crippen LogP contribution in [0.15, 0.2) is 30.3 Å². The van der Waals surface area contributed by atoms with Crippen LogP contribution >= 0.6 is 0 Å². The number of nitrogens with zero attached hydrogens (tertiary/aromatic N) is 1. The molecule has 4 nitrogen and oxygen atoms in total. The molecule has 0 bridgehead atoms. The lowest BCUT2D eigenvalue weighted by molar-refractivity contribution is 0.184. The first-order valence-corrected chi connectivity index (χ1v) is 7.58. The van der Waals surface area contributed by atoms with Crippen molar-refractivity contribution < 1.29 is 9.53 Å². The molecular formula is C16H22N2O2. The third kappa shape index (κ3) is 3.24. The summed E-state index contributed by atoms with van der Waals surface area (Å²) in [6, 6.07) is 10.3. The number of urea groups is 1. The van der Waals surface area contributed by atoms with Gasteiger partial charge in [0.1, 0.15) is 11.9 Å². The zero-order valence-electron chi connectivity index (χ0n) is 11.8. The van der Waals surface area contributed by atoms with Gasteiger partial charge in [0.2, 0.25) is 0 Å². The normalized spacial score (nSPS) is 23.0. The second kappa shape index (κ2) is 6.16. The third-order valence-corrected chi connectivity index (χ3v) is 4.16. The number of likely N-dealkylation sites (tertiary alicyclic amines) is 1. The van der Waals surface area contributed by atoms with Crippen molar-refractivity contribution >= 4 is 6.03 Å². The molecular weight excluding hydrogens is 252 g/mol. The van der Waals surface area contributed by atoms with Crippen molar-refractivity contribution in [3.63, 3.8) is 0 Å². The molecule has 1 N–H and O–H groups in total. The Hall–Kier alpha value is -1.71. The van der Waals surface area contributed by atoms with Crippen LogP contribution in [-0.4, -0.2) is 36.2 Å². The first kappa shape index (κ1) is 13.3. The summed E-state index contributed by atoms with van der Waals surface area (Å²) in [5, 5.41) is 3.14. The van der Waals surface area contributed by atoms with Crippen LogP contribution in [0.5, 0.6) is 5.75 Å². The van der Waals surface area contributed by atoms with Gasteiger partial charge in [-0.2, -0.15) is 0 Å². The molecule has 4 heteroatoms. The Morgan fingerprint density at radius 2 is 1.90 bits per heavy atom. The Kier molecular flexibility index (Phi) is 4.09. The second-order valence-electron chi connectivity index (χ2n) is 5.72. The van der Waals surface area contributed by atoms with Crippen LogP contribution in [-0.2, 0) is 0 Å². The highest BCUT2D eigenvalue weighted by atomic mass is 16.5. The van der Waals surface area contributed by atoms with Gasteiger partial charge in [0, 0.05) is 19.0 Å². The van der Waals surface area contributed by atoms with E-state index in [-0.39, 0.29) is 12.1 Å². The first-order chi connectivity index (χ1) is 9.81. The summed E-state index contributed by atoms with van der Waals surface area (Å²) in [4.78, 5) is 14.0. The third-order valence-electron chi connectivity index (χ3n) is 4.16. The van der Waals surface area contributed by atoms with Crippen molar-refractivity contribution in [2.24, 2.45) is 0 Å². The summed E-state index contributed by atoms with van der Waals surface area (Å²) >= 11 is 0. The number of hydrogen-bond acceptors (Lipinski definition) is 2. The molecule has 2 amide bonds. The van der Waals surface area contributed by atoms with Gasteiger partial charge in [-0.25, -0.2) is 4.79 Å². The molecule has 0 spiro atoms. The van der Waals surface area contributed by atoms with Crippen LogP contribution in [0.3, 0.4) is 0 Å². The lowest BCUT2D eigenvalue weighted by atomic mass is 10.2. The fourth-order valence-corrected chi connectivity index (χ4v) is 3.04. The smallest absolute Gasteiger partial charge is 0.317 e. The molecule has 1 saturated carbocycles. The summed E-state index contributed by atoms with van der Waals surface area (Å²) in [7, 11) is 0. The quantitative estimate of drug-likeness (QED) is 0.921. The molecule has 20 heavy (non-hydrogen) atoms. The molecule has 1 aromatic rings. The van der Waals surface area contributed by atoms with E-state index in [9.17, 15) is 4.79 Å². The van der Waals surface area contributed by atoms with E-state index in [1.54, 1.807) is 0 Å². The highest BCUT2D eigenvalue weighted by Crippen LogP contribution is 2.20. The first-order valence-electron chi connectivity index (χ1n) is 7.58. The van der Waals surface area contributed by atoms with E-state index in [1.807, 2.05) is 35.2 Å². The van der Waals surface area contributed by atoms with Crippen LogP contribution in [0.1, 0.15) is 32.1 Å². The summed E-state index contributed by atoms with van der Waals surface area (Å²) in [5.41, 5.74) is 0. The standard InChI is InChI=1S/C16H22N2O2/c19-16(17-13-6-4-5-7-13)18-11-10-15(12-18)20-14-8-2-1-3-9-14/h1-3,8-9,13,15H,4-7,10-12H2,(H,17,19). The number of nitrogens with one attached hydrogen (secondary N) is 1. The van der Waals surface area contributed by atoms with Crippen LogP contribution in [0.25, 0.3) is 0 Å². The molecule has 1 saturated heterocycles. The number of para-hydroxylation sites is 1. The van der Waals surface area contributed by atoms with Gasteiger partial charge in [0.15, 0.2) is 0 Å². The van der Waals surface area contributed by atoms with E-state index in [0.717, 1.165) is 31.6 Å². The fourth-order valence-electron chi connectivity index (χ4n) is 3.04. The van der Waals surface area contributed by atoms with E-state index in [1.165, 1.54) is 12.8 Å². The minimum absolute atomic E-state index is 0.0797. The number of rotatable bonds is 3. The minimum atomic E-state index is 0.0797. The summed E-state index contributed by atoms with van der Waals surface area (Å²) in [6.45, 7) is 1.48. The minimum Gasteiger partial charge on any atom is -0.489 e. The Balaban J connectivity index is 1.47. The lowest BCUT2D eigenvalue weighted by Gasteiger charge is -2.20. The largest absolute Gasteiger partial charge is 0.489 e. The Bertz CT molecular complexity index is 443. The van der Waals surface area contributed by atoms with Gasteiger partial charge in [-0.15, -0.1) is 0 Å². The molecule has 108 valence electrons. The Morgan fingerprint density at radius 1 is 1.15 bits per heavy atom. The SMILES string of the molecule is O=C(NC1CCCC1)N1CCC(Oc2ccccc2)C1. The topological polar surface area (TPSA) is 41.6 Å². The monoisotopic (exact) mass is 274 g/mol. The van der Waals surface area contributed by atoms with Crippen molar-refractivity contribution in [2.75, 3.05) is 13.1 Å². The predicted molar refractivity (Wildman–Crippen MR) is 77.8 cm³/mol. The maximum atomic E-state index is 12.2. The highest BCUT2D eigenvalue weighted by molar-refractivity contribution is 5.74. The molecule has 2 fully saturated rings. The van der Waals surface area contributed by atoms with E-state index in [4.69, 9.17) is 4.74 Å². The number of carbonyl (C=O) groups excluding carboxylic acids is 1. The maximum Gasteiger partial charge on any atom is 0.317 e. The number of benzene rings is 1. The van der Waals surface area contributed by atoms with Crippen molar-refractivity contribution in [1.82, 2.24) is 10.2 Å². The summed E-state index contributed by atoms with van der Waals surface area (Å²) in [5.74, 6) is 0.885. The van der Waals surface area contributed by atoms with Crippen molar-refractivity contribution in [2.45, 2.75) is 44.2 Å². The number of amides is 2.